The van der Waals surface area contributed by atoms with E-state index < -0.39 is 0 Å². The van der Waals surface area contributed by atoms with Crippen LogP contribution in [0.4, 0.5) is 4.39 Å². The van der Waals surface area contributed by atoms with Gasteiger partial charge in [0, 0.05) is 25.0 Å². The van der Waals surface area contributed by atoms with Crippen molar-refractivity contribution in [2.24, 2.45) is 5.92 Å². The highest BCUT2D eigenvalue weighted by Gasteiger charge is 2.30. The lowest BCUT2D eigenvalue weighted by Gasteiger charge is -2.38. The van der Waals surface area contributed by atoms with E-state index in [0.29, 0.717) is 18.3 Å². The quantitative estimate of drug-likeness (QED) is 0.868. The van der Waals surface area contributed by atoms with Crippen LogP contribution in [0.5, 0.6) is 5.75 Å². The molecule has 100 valence electrons. The summed E-state index contributed by atoms with van der Waals surface area (Å²) >= 11 is 0. The van der Waals surface area contributed by atoms with Crippen LogP contribution in [0.1, 0.15) is 18.5 Å². The summed E-state index contributed by atoms with van der Waals surface area (Å²) in [4.78, 5) is 2.15. The molecule has 1 atom stereocenters. The number of rotatable bonds is 5. The third-order valence-electron chi connectivity index (χ3n) is 3.41. The molecule has 3 nitrogen and oxygen atoms in total. The first kappa shape index (κ1) is 13.3. The first-order valence-corrected chi connectivity index (χ1v) is 6.43. The second-order valence-corrected chi connectivity index (χ2v) is 4.95. The van der Waals surface area contributed by atoms with Crippen molar-refractivity contribution >= 4 is 0 Å². The molecule has 0 aromatic heterocycles. The van der Waals surface area contributed by atoms with Crippen LogP contribution in [0.2, 0.25) is 0 Å². The summed E-state index contributed by atoms with van der Waals surface area (Å²) in [7, 11) is 4.08. The minimum atomic E-state index is -0.270. The van der Waals surface area contributed by atoms with Gasteiger partial charge in [-0.05, 0) is 38.7 Å². The minimum Gasteiger partial charge on any atom is -0.491 e. The topological polar surface area (TPSA) is 24.5 Å². The van der Waals surface area contributed by atoms with E-state index in [1.807, 2.05) is 27.1 Å². The maximum Gasteiger partial charge on any atom is 0.165 e. The fourth-order valence-electron chi connectivity index (χ4n) is 2.50. The highest BCUT2D eigenvalue weighted by molar-refractivity contribution is 5.31. The predicted octanol–water partition coefficient (Wildman–Crippen LogP) is 2.05. The molecule has 0 amide bonds. The fourth-order valence-corrected chi connectivity index (χ4v) is 2.50. The maximum atomic E-state index is 13.9. The molecule has 1 unspecified atom stereocenters. The van der Waals surface area contributed by atoms with Gasteiger partial charge < -0.3 is 15.0 Å². The van der Waals surface area contributed by atoms with Crippen LogP contribution >= 0.6 is 0 Å². The molecule has 1 N–H and O–H groups in total. The van der Waals surface area contributed by atoms with Gasteiger partial charge in [-0.1, -0.05) is 6.07 Å². The van der Waals surface area contributed by atoms with E-state index >= 15 is 0 Å². The largest absolute Gasteiger partial charge is 0.491 e. The molecule has 1 aromatic rings. The highest BCUT2D eigenvalue weighted by atomic mass is 19.1. The second-order valence-electron chi connectivity index (χ2n) is 4.95. The van der Waals surface area contributed by atoms with Crippen molar-refractivity contribution in [3.05, 3.63) is 29.6 Å². The monoisotopic (exact) mass is 252 g/mol. The van der Waals surface area contributed by atoms with Crippen LogP contribution in [-0.4, -0.2) is 38.7 Å². The van der Waals surface area contributed by atoms with Crippen molar-refractivity contribution < 1.29 is 9.13 Å². The van der Waals surface area contributed by atoms with Crippen molar-refractivity contribution in [3.63, 3.8) is 0 Å². The van der Waals surface area contributed by atoms with Gasteiger partial charge in [0.15, 0.2) is 11.6 Å². The molecular weight excluding hydrogens is 231 g/mol. The molecule has 0 aliphatic carbocycles. The number of hydrogen-bond acceptors (Lipinski definition) is 3. The van der Waals surface area contributed by atoms with Crippen molar-refractivity contribution in [3.8, 4) is 5.75 Å². The Morgan fingerprint density at radius 2 is 2.17 bits per heavy atom. The number of ether oxygens (including phenoxy) is 1. The Bertz CT molecular complexity index is 405. The Labute approximate surface area is 108 Å². The van der Waals surface area contributed by atoms with Crippen LogP contribution in [0.15, 0.2) is 18.2 Å². The van der Waals surface area contributed by atoms with Crippen molar-refractivity contribution in [2.45, 2.75) is 13.0 Å². The zero-order chi connectivity index (χ0) is 13.1. The second kappa shape index (κ2) is 5.67. The smallest absolute Gasteiger partial charge is 0.165 e. The Hall–Kier alpha value is -1.13. The lowest BCUT2D eigenvalue weighted by molar-refractivity contribution is 0.160. The molecule has 0 spiro atoms. The molecule has 1 fully saturated rings. The van der Waals surface area contributed by atoms with Gasteiger partial charge in [0.05, 0.1) is 6.61 Å². The van der Waals surface area contributed by atoms with E-state index in [0.717, 1.165) is 18.7 Å². The number of hydrogen-bond donors (Lipinski definition) is 1. The van der Waals surface area contributed by atoms with Gasteiger partial charge in [-0.15, -0.1) is 0 Å². The summed E-state index contributed by atoms with van der Waals surface area (Å²) in [5, 5.41) is 3.27. The van der Waals surface area contributed by atoms with Crippen molar-refractivity contribution in [1.29, 1.82) is 0 Å². The highest BCUT2D eigenvalue weighted by Crippen LogP contribution is 2.31. The normalized spacial score (nSPS) is 17.6. The molecule has 1 heterocycles. The van der Waals surface area contributed by atoms with Gasteiger partial charge in [0.2, 0.25) is 0 Å². The molecule has 0 saturated carbocycles. The molecule has 1 saturated heterocycles. The summed E-state index contributed by atoms with van der Waals surface area (Å²) < 4.78 is 19.1. The maximum absolute atomic E-state index is 13.9. The first-order valence-electron chi connectivity index (χ1n) is 6.43. The molecule has 4 heteroatoms. The SMILES string of the molecule is CCOc1ccc(C(C2CNC2)N(C)C)cc1F. The number of benzene rings is 1. The first-order chi connectivity index (χ1) is 8.63. The molecular formula is C14H21FN2O. The van der Waals surface area contributed by atoms with Crippen LogP contribution in [0.25, 0.3) is 0 Å². The summed E-state index contributed by atoms with van der Waals surface area (Å²) in [6, 6.07) is 5.57. The minimum absolute atomic E-state index is 0.261. The van der Waals surface area contributed by atoms with Gasteiger partial charge >= 0.3 is 0 Å². The number of nitrogens with one attached hydrogen (secondary N) is 1. The molecule has 1 aromatic carbocycles. The average molecular weight is 252 g/mol. The van der Waals surface area contributed by atoms with Gasteiger partial charge in [0.1, 0.15) is 0 Å². The average Bonchev–Trinajstić information content (AvgIpc) is 2.26. The lowest BCUT2D eigenvalue weighted by Crippen LogP contribution is -2.48. The zero-order valence-electron chi connectivity index (χ0n) is 11.2. The molecule has 0 radical (unpaired) electrons. The van der Waals surface area contributed by atoms with Gasteiger partial charge in [-0.3, -0.25) is 0 Å². The molecule has 1 aliphatic rings. The van der Waals surface area contributed by atoms with Gasteiger partial charge in [0.25, 0.3) is 0 Å². The van der Waals surface area contributed by atoms with Crippen LogP contribution in [-0.2, 0) is 0 Å². The predicted molar refractivity (Wildman–Crippen MR) is 70.4 cm³/mol. The summed E-state index contributed by atoms with van der Waals surface area (Å²) in [6.45, 7) is 4.34. The van der Waals surface area contributed by atoms with Crippen LogP contribution in [0.3, 0.4) is 0 Å². The Morgan fingerprint density at radius 3 is 2.61 bits per heavy atom. The lowest BCUT2D eigenvalue weighted by atomic mass is 9.87. The number of halogens is 1. The van der Waals surface area contributed by atoms with Crippen molar-refractivity contribution in [2.75, 3.05) is 33.8 Å². The van der Waals surface area contributed by atoms with Gasteiger partial charge in [-0.25, -0.2) is 4.39 Å². The van der Waals surface area contributed by atoms with E-state index in [4.69, 9.17) is 4.74 Å². The molecule has 18 heavy (non-hydrogen) atoms. The van der Waals surface area contributed by atoms with Crippen molar-refractivity contribution in [1.82, 2.24) is 10.2 Å². The third-order valence-corrected chi connectivity index (χ3v) is 3.41. The molecule has 0 bridgehead atoms. The Kier molecular flexibility index (Phi) is 4.19. The Balaban J connectivity index is 2.22. The standard InChI is InChI=1S/C14H21FN2O/c1-4-18-13-6-5-10(7-12(13)15)14(17(2)3)11-8-16-9-11/h5-7,11,14,16H,4,8-9H2,1-3H3. The van der Waals surface area contributed by atoms with Gasteiger partial charge in [-0.2, -0.15) is 0 Å². The van der Waals surface area contributed by atoms with E-state index in [1.165, 1.54) is 0 Å². The summed E-state index contributed by atoms with van der Waals surface area (Å²) in [5.41, 5.74) is 1.02. The zero-order valence-corrected chi connectivity index (χ0v) is 11.2. The van der Waals surface area contributed by atoms with E-state index in [2.05, 4.69) is 10.2 Å². The molecule has 1 aliphatic heterocycles. The molecule has 2 rings (SSSR count). The summed E-state index contributed by atoms with van der Waals surface area (Å²) in [6.07, 6.45) is 0. The Morgan fingerprint density at radius 1 is 1.44 bits per heavy atom. The van der Waals surface area contributed by atoms with Crippen LogP contribution in [0, 0.1) is 11.7 Å². The number of nitrogens with zero attached hydrogens (tertiary/aromatic N) is 1. The van der Waals surface area contributed by atoms with E-state index in [9.17, 15) is 4.39 Å². The fraction of sp³-hybridized carbons (Fsp3) is 0.571. The third kappa shape index (κ3) is 2.65. The van der Waals surface area contributed by atoms with E-state index in [1.54, 1.807) is 12.1 Å². The van der Waals surface area contributed by atoms with E-state index in [-0.39, 0.29) is 11.9 Å². The summed E-state index contributed by atoms with van der Waals surface area (Å²) in [5.74, 6) is 0.622. The van der Waals surface area contributed by atoms with Crippen LogP contribution < -0.4 is 10.1 Å².